The fourth-order valence-electron chi connectivity index (χ4n) is 2.63. The Kier molecular flexibility index (Phi) is 4.61. The van der Waals surface area contributed by atoms with Crippen LogP contribution in [-0.2, 0) is 9.59 Å². The number of carbonyl (C=O) groups is 2. The van der Waals surface area contributed by atoms with E-state index in [1.165, 1.54) is 0 Å². The first-order valence-electron chi connectivity index (χ1n) is 6.88. The van der Waals surface area contributed by atoms with Crippen molar-refractivity contribution in [3.63, 3.8) is 0 Å². The lowest BCUT2D eigenvalue weighted by Crippen LogP contribution is -2.29. The van der Waals surface area contributed by atoms with Gasteiger partial charge in [0.15, 0.2) is 0 Å². The molecule has 1 aliphatic rings. The molecule has 1 saturated carbocycles. The van der Waals surface area contributed by atoms with E-state index in [2.05, 4.69) is 5.32 Å². The van der Waals surface area contributed by atoms with Crippen LogP contribution in [0.1, 0.15) is 26.2 Å². The molecule has 0 radical (unpaired) electrons. The highest BCUT2D eigenvalue weighted by Crippen LogP contribution is 2.33. The lowest BCUT2D eigenvalue weighted by atomic mass is 9.95. The largest absolute Gasteiger partial charge is 0.494 e. The summed E-state index contributed by atoms with van der Waals surface area (Å²) in [5.74, 6) is -1.42. The van der Waals surface area contributed by atoms with E-state index in [4.69, 9.17) is 9.84 Å². The molecule has 1 aliphatic carbocycles. The second-order valence-corrected chi connectivity index (χ2v) is 4.93. The van der Waals surface area contributed by atoms with Crippen LogP contribution in [0.5, 0.6) is 5.75 Å². The molecule has 108 valence electrons. The Hall–Kier alpha value is -2.04. The average molecular weight is 277 g/mol. The molecule has 2 atom stereocenters. The van der Waals surface area contributed by atoms with Crippen molar-refractivity contribution in [2.75, 3.05) is 11.9 Å². The van der Waals surface area contributed by atoms with Gasteiger partial charge in [0.1, 0.15) is 5.75 Å². The van der Waals surface area contributed by atoms with Crippen LogP contribution in [0.25, 0.3) is 0 Å². The lowest BCUT2D eigenvalue weighted by molar-refractivity contribution is -0.145. The van der Waals surface area contributed by atoms with E-state index in [9.17, 15) is 9.59 Å². The summed E-state index contributed by atoms with van der Waals surface area (Å²) < 4.78 is 5.37. The average Bonchev–Trinajstić information content (AvgIpc) is 2.89. The van der Waals surface area contributed by atoms with Gasteiger partial charge in [-0.3, -0.25) is 9.59 Å². The molecule has 20 heavy (non-hydrogen) atoms. The second-order valence-electron chi connectivity index (χ2n) is 4.93. The van der Waals surface area contributed by atoms with Crippen LogP contribution in [-0.4, -0.2) is 23.6 Å². The van der Waals surface area contributed by atoms with Crippen LogP contribution in [0.4, 0.5) is 5.69 Å². The molecule has 0 heterocycles. The minimum atomic E-state index is -0.884. The van der Waals surface area contributed by atoms with Gasteiger partial charge in [-0.25, -0.2) is 0 Å². The highest BCUT2D eigenvalue weighted by molar-refractivity contribution is 5.95. The Labute approximate surface area is 117 Å². The van der Waals surface area contributed by atoms with Gasteiger partial charge in [0, 0.05) is 11.8 Å². The van der Waals surface area contributed by atoms with Crippen molar-refractivity contribution in [3.05, 3.63) is 24.3 Å². The summed E-state index contributed by atoms with van der Waals surface area (Å²) in [5, 5.41) is 11.9. The van der Waals surface area contributed by atoms with E-state index in [1.54, 1.807) is 18.2 Å². The fourth-order valence-corrected chi connectivity index (χ4v) is 2.63. The van der Waals surface area contributed by atoms with Crippen molar-refractivity contribution in [2.24, 2.45) is 11.8 Å². The summed E-state index contributed by atoms with van der Waals surface area (Å²) in [6.45, 7) is 2.45. The highest BCUT2D eigenvalue weighted by Gasteiger charge is 2.37. The number of carbonyl (C=O) groups excluding carboxylic acids is 1. The van der Waals surface area contributed by atoms with E-state index in [-0.39, 0.29) is 5.91 Å². The topological polar surface area (TPSA) is 75.6 Å². The number of hydrogen-bond donors (Lipinski definition) is 2. The van der Waals surface area contributed by atoms with Crippen LogP contribution in [0.2, 0.25) is 0 Å². The molecule has 1 fully saturated rings. The molecule has 0 saturated heterocycles. The lowest BCUT2D eigenvalue weighted by Gasteiger charge is -2.16. The van der Waals surface area contributed by atoms with Crippen LogP contribution < -0.4 is 10.1 Å². The highest BCUT2D eigenvalue weighted by atomic mass is 16.5. The van der Waals surface area contributed by atoms with Crippen LogP contribution in [0.3, 0.4) is 0 Å². The number of benzene rings is 1. The van der Waals surface area contributed by atoms with E-state index >= 15 is 0 Å². The van der Waals surface area contributed by atoms with Crippen molar-refractivity contribution in [1.82, 2.24) is 0 Å². The van der Waals surface area contributed by atoms with E-state index < -0.39 is 17.8 Å². The van der Waals surface area contributed by atoms with Gasteiger partial charge in [0.05, 0.1) is 18.4 Å². The van der Waals surface area contributed by atoms with Crippen molar-refractivity contribution in [2.45, 2.75) is 26.2 Å². The van der Waals surface area contributed by atoms with Gasteiger partial charge in [0.25, 0.3) is 0 Å². The van der Waals surface area contributed by atoms with Crippen molar-refractivity contribution in [1.29, 1.82) is 0 Å². The summed E-state index contributed by atoms with van der Waals surface area (Å²) in [6, 6.07) is 7.12. The van der Waals surface area contributed by atoms with Gasteiger partial charge < -0.3 is 15.2 Å². The predicted molar refractivity (Wildman–Crippen MR) is 74.7 cm³/mol. The number of carboxylic acids is 1. The van der Waals surface area contributed by atoms with Gasteiger partial charge in [-0.2, -0.15) is 0 Å². The van der Waals surface area contributed by atoms with Gasteiger partial charge in [-0.1, -0.05) is 12.5 Å². The minimum Gasteiger partial charge on any atom is -0.494 e. The number of rotatable bonds is 5. The van der Waals surface area contributed by atoms with Gasteiger partial charge in [-0.05, 0) is 31.9 Å². The van der Waals surface area contributed by atoms with Gasteiger partial charge >= 0.3 is 5.97 Å². The molecule has 1 aromatic rings. The maximum Gasteiger partial charge on any atom is 0.307 e. The van der Waals surface area contributed by atoms with Crippen LogP contribution in [0.15, 0.2) is 24.3 Å². The number of nitrogens with one attached hydrogen (secondary N) is 1. The van der Waals surface area contributed by atoms with Crippen LogP contribution in [0, 0.1) is 11.8 Å². The molecule has 5 nitrogen and oxygen atoms in total. The van der Waals surface area contributed by atoms with Crippen LogP contribution >= 0.6 is 0 Å². The Balaban J connectivity index is 2.04. The zero-order valence-corrected chi connectivity index (χ0v) is 11.5. The molecule has 0 bridgehead atoms. The number of hydrogen-bond acceptors (Lipinski definition) is 3. The van der Waals surface area contributed by atoms with E-state index in [0.29, 0.717) is 30.9 Å². The van der Waals surface area contributed by atoms with E-state index in [1.807, 2.05) is 13.0 Å². The number of aliphatic carboxylic acids is 1. The fraction of sp³-hybridized carbons (Fsp3) is 0.467. The first-order chi connectivity index (χ1) is 9.61. The molecule has 5 heteroatoms. The molecule has 0 aliphatic heterocycles. The minimum absolute atomic E-state index is 0.219. The predicted octanol–water partition coefficient (Wildman–Crippen LogP) is 2.52. The maximum atomic E-state index is 12.2. The molecular formula is C15H19NO4. The Bertz CT molecular complexity index is 500. The molecule has 0 unspecified atom stereocenters. The molecular weight excluding hydrogens is 258 g/mol. The SMILES string of the molecule is CCOc1cccc(NC(=O)[C@@H]2CCC[C@@H]2C(=O)O)c1. The Morgan fingerprint density at radius 3 is 2.80 bits per heavy atom. The number of carboxylic acid groups (broad SMARTS) is 1. The standard InChI is InChI=1S/C15H19NO4/c1-2-20-11-6-3-5-10(9-11)16-14(17)12-7-4-8-13(12)15(18)19/h3,5-6,9,12-13H,2,4,7-8H2,1H3,(H,16,17)(H,18,19)/t12-,13+/m1/s1. The third-order valence-electron chi connectivity index (χ3n) is 3.58. The first kappa shape index (κ1) is 14.4. The smallest absolute Gasteiger partial charge is 0.307 e. The van der Waals surface area contributed by atoms with Gasteiger partial charge in [-0.15, -0.1) is 0 Å². The molecule has 1 amide bonds. The van der Waals surface area contributed by atoms with Gasteiger partial charge in [0.2, 0.25) is 5.91 Å². The Morgan fingerprint density at radius 1 is 1.35 bits per heavy atom. The summed E-state index contributed by atoms with van der Waals surface area (Å²) in [5.41, 5.74) is 0.636. The quantitative estimate of drug-likeness (QED) is 0.867. The number of anilines is 1. The molecule has 0 aromatic heterocycles. The molecule has 0 spiro atoms. The zero-order chi connectivity index (χ0) is 14.5. The number of amides is 1. The second kappa shape index (κ2) is 6.41. The van der Waals surface area contributed by atoms with Crippen molar-refractivity contribution < 1.29 is 19.4 Å². The van der Waals surface area contributed by atoms with Crippen molar-refractivity contribution >= 4 is 17.6 Å². The number of ether oxygens (including phenoxy) is 1. The summed E-state index contributed by atoms with van der Waals surface area (Å²) in [4.78, 5) is 23.3. The zero-order valence-electron chi connectivity index (χ0n) is 11.5. The molecule has 1 aromatic carbocycles. The normalized spacial score (nSPS) is 21.4. The summed E-state index contributed by atoms with van der Waals surface area (Å²) in [7, 11) is 0. The molecule has 2 rings (SSSR count). The van der Waals surface area contributed by atoms with Crippen molar-refractivity contribution in [3.8, 4) is 5.75 Å². The summed E-state index contributed by atoms with van der Waals surface area (Å²) in [6.07, 6.45) is 1.99. The Morgan fingerprint density at radius 2 is 2.10 bits per heavy atom. The summed E-state index contributed by atoms with van der Waals surface area (Å²) >= 11 is 0. The maximum absolute atomic E-state index is 12.2. The third kappa shape index (κ3) is 3.29. The monoisotopic (exact) mass is 277 g/mol. The molecule has 2 N–H and O–H groups in total. The first-order valence-corrected chi connectivity index (χ1v) is 6.88. The third-order valence-corrected chi connectivity index (χ3v) is 3.58. The van der Waals surface area contributed by atoms with E-state index in [0.717, 1.165) is 6.42 Å².